The van der Waals surface area contributed by atoms with Gasteiger partial charge in [0.2, 0.25) is 5.91 Å². The van der Waals surface area contributed by atoms with E-state index in [9.17, 15) is 14.4 Å². The van der Waals surface area contributed by atoms with E-state index in [4.69, 9.17) is 0 Å². The first-order valence-corrected chi connectivity index (χ1v) is 9.23. The van der Waals surface area contributed by atoms with E-state index in [-0.39, 0.29) is 18.0 Å². The summed E-state index contributed by atoms with van der Waals surface area (Å²) in [5.41, 5.74) is 1.31. The summed E-state index contributed by atoms with van der Waals surface area (Å²) in [7, 11) is 1.30. The Morgan fingerprint density at radius 1 is 1.14 bits per heavy atom. The molecule has 4 aromatic rings. The number of hydrogen-bond acceptors (Lipinski definition) is 6. The molecule has 0 aliphatic carbocycles. The summed E-state index contributed by atoms with van der Waals surface area (Å²) in [6.07, 6.45) is 1.39. The van der Waals surface area contributed by atoms with Crippen LogP contribution in [0, 0.1) is 0 Å². The first-order valence-electron chi connectivity index (χ1n) is 8.42. The summed E-state index contributed by atoms with van der Waals surface area (Å²) in [6, 6.07) is 14.0. The van der Waals surface area contributed by atoms with Crippen LogP contribution in [-0.4, -0.2) is 28.5 Å². The molecular weight excluding hydrogens is 378 g/mol. The minimum absolute atomic E-state index is 0.158. The van der Waals surface area contributed by atoms with Crippen molar-refractivity contribution in [2.24, 2.45) is 0 Å². The van der Waals surface area contributed by atoms with Gasteiger partial charge in [-0.2, -0.15) is 0 Å². The zero-order valence-corrected chi connectivity index (χ0v) is 15.7. The van der Waals surface area contributed by atoms with Crippen LogP contribution in [0.15, 0.2) is 59.7 Å². The smallest absolute Gasteiger partial charge is 0.337 e. The van der Waals surface area contributed by atoms with Gasteiger partial charge >= 0.3 is 5.97 Å². The highest BCUT2D eigenvalue weighted by molar-refractivity contribution is 7.25. The van der Waals surface area contributed by atoms with Gasteiger partial charge in [0.05, 0.1) is 24.5 Å². The highest BCUT2D eigenvalue weighted by atomic mass is 32.1. The molecule has 0 radical (unpaired) electrons. The molecular formula is C20H15N3O4S. The molecule has 7 nitrogen and oxygen atoms in total. The number of amides is 1. The summed E-state index contributed by atoms with van der Waals surface area (Å²) < 4.78 is 7.43. The lowest BCUT2D eigenvalue weighted by Gasteiger charge is -2.08. The molecule has 2 heterocycles. The van der Waals surface area contributed by atoms with E-state index in [0.29, 0.717) is 21.5 Å². The SMILES string of the molecule is COC(=O)c1ccc(NC(=O)Cn2cnc3c(sc4ccccc43)c2=O)cc1. The maximum Gasteiger partial charge on any atom is 0.337 e. The van der Waals surface area contributed by atoms with Crippen molar-refractivity contribution in [1.82, 2.24) is 9.55 Å². The monoisotopic (exact) mass is 393 g/mol. The minimum Gasteiger partial charge on any atom is -0.465 e. The Balaban J connectivity index is 1.55. The van der Waals surface area contributed by atoms with Crippen LogP contribution in [0.25, 0.3) is 20.3 Å². The number of aromatic nitrogens is 2. The Kier molecular flexibility index (Phi) is 4.62. The predicted octanol–water partition coefficient (Wildman–Crippen LogP) is 3.04. The highest BCUT2D eigenvalue weighted by Crippen LogP contribution is 2.29. The fourth-order valence-corrected chi connectivity index (χ4v) is 4.00. The maximum atomic E-state index is 12.7. The number of nitrogens with one attached hydrogen (secondary N) is 1. The predicted molar refractivity (Wildman–Crippen MR) is 108 cm³/mol. The molecule has 0 saturated heterocycles. The number of nitrogens with zero attached hydrogens (tertiary/aromatic N) is 2. The van der Waals surface area contributed by atoms with Crippen LogP contribution in [0.2, 0.25) is 0 Å². The largest absolute Gasteiger partial charge is 0.465 e. The zero-order chi connectivity index (χ0) is 19.7. The topological polar surface area (TPSA) is 90.3 Å². The van der Waals surface area contributed by atoms with Gasteiger partial charge in [-0.25, -0.2) is 9.78 Å². The van der Waals surface area contributed by atoms with Crippen molar-refractivity contribution in [1.29, 1.82) is 0 Å². The summed E-state index contributed by atoms with van der Waals surface area (Å²) in [5.74, 6) is -0.817. The van der Waals surface area contributed by atoms with Crippen LogP contribution in [0.4, 0.5) is 5.69 Å². The average Bonchev–Trinajstić information content (AvgIpc) is 3.09. The molecule has 2 aromatic heterocycles. The van der Waals surface area contributed by atoms with Gasteiger partial charge in [-0.05, 0) is 30.3 Å². The molecule has 1 amide bonds. The van der Waals surface area contributed by atoms with Crippen molar-refractivity contribution in [3.05, 3.63) is 70.8 Å². The number of methoxy groups -OCH3 is 1. The molecule has 0 unspecified atom stereocenters. The van der Waals surface area contributed by atoms with Crippen molar-refractivity contribution in [3.63, 3.8) is 0 Å². The second-order valence-electron chi connectivity index (χ2n) is 6.07. The molecule has 1 N–H and O–H groups in total. The lowest BCUT2D eigenvalue weighted by atomic mass is 10.2. The fraction of sp³-hybridized carbons (Fsp3) is 0.100. The van der Waals surface area contributed by atoms with Crippen LogP contribution < -0.4 is 10.9 Å². The third-order valence-electron chi connectivity index (χ3n) is 4.25. The van der Waals surface area contributed by atoms with Gasteiger partial charge in [0.15, 0.2) is 0 Å². The summed E-state index contributed by atoms with van der Waals surface area (Å²) in [5, 5.41) is 3.63. The summed E-state index contributed by atoms with van der Waals surface area (Å²) in [6.45, 7) is -0.158. The third kappa shape index (κ3) is 3.25. The van der Waals surface area contributed by atoms with Crippen molar-refractivity contribution in [2.45, 2.75) is 6.54 Å². The fourth-order valence-electron chi connectivity index (χ4n) is 2.89. The Hall–Kier alpha value is -3.52. The van der Waals surface area contributed by atoms with Crippen LogP contribution in [0.1, 0.15) is 10.4 Å². The number of ether oxygens (including phenoxy) is 1. The molecule has 8 heteroatoms. The van der Waals surface area contributed by atoms with Gasteiger partial charge in [-0.15, -0.1) is 11.3 Å². The quantitative estimate of drug-likeness (QED) is 0.538. The van der Waals surface area contributed by atoms with Gasteiger partial charge in [0.25, 0.3) is 5.56 Å². The van der Waals surface area contributed by atoms with Gasteiger partial charge in [-0.1, -0.05) is 18.2 Å². The van der Waals surface area contributed by atoms with Gasteiger partial charge in [-0.3, -0.25) is 14.2 Å². The molecule has 4 rings (SSSR count). The van der Waals surface area contributed by atoms with Gasteiger partial charge < -0.3 is 10.1 Å². The molecule has 0 bridgehead atoms. The maximum absolute atomic E-state index is 12.7. The summed E-state index contributed by atoms with van der Waals surface area (Å²) in [4.78, 5) is 40.9. The molecule has 0 aliphatic rings. The molecule has 140 valence electrons. The Bertz CT molecular complexity index is 1260. The Labute approximate surface area is 163 Å². The van der Waals surface area contributed by atoms with E-state index in [2.05, 4.69) is 15.0 Å². The second kappa shape index (κ2) is 7.24. The highest BCUT2D eigenvalue weighted by Gasteiger charge is 2.13. The van der Waals surface area contributed by atoms with Crippen molar-refractivity contribution >= 4 is 49.2 Å². The van der Waals surface area contributed by atoms with E-state index in [1.165, 1.54) is 29.3 Å². The normalized spacial score (nSPS) is 10.9. The summed E-state index contributed by atoms with van der Waals surface area (Å²) >= 11 is 1.37. The lowest BCUT2D eigenvalue weighted by Crippen LogP contribution is -2.27. The van der Waals surface area contributed by atoms with E-state index >= 15 is 0 Å². The first-order chi connectivity index (χ1) is 13.6. The molecule has 0 fully saturated rings. The van der Waals surface area contributed by atoms with E-state index < -0.39 is 5.97 Å². The number of esters is 1. The Morgan fingerprint density at radius 2 is 1.89 bits per heavy atom. The number of fused-ring (bicyclic) bond motifs is 3. The molecule has 28 heavy (non-hydrogen) atoms. The number of rotatable bonds is 4. The van der Waals surface area contributed by atoms with Gasteiger partial charge in [0.1, 0.15) is 11.2 Å². The third-order valence-corrected chi connectivity index (χ3v) is 5.40. The number of thiophene rings is 1. The van der Waals surface area contributed by atoms with Crippen LogP contribution in [0.5, 0.6) is 0 Å². The molecule has 0 spiro atoms. The van der Waals surface area contributed by atoms with E-state index in [0.717, 1.165) is 10.1 Å². The van der Waals surface area contributed by atoms with Crippen molar-refractivity contribution in [3.8, 4) is 0 Å². The Morgan fingerprint density at radius 3 is 2.64 bits per heavy atom. The van der Waals surface area contributed by atoms with Gasteiger partial charge in [0, 0.05) is 15.8 Å². The second-order valence-corrected chi connectivity index (χ2v) is 7.12. The van der Waals surface area contributed by atoms with Crippen molar-refractivity contribution in [2.75, 3.05) is 12.4 Å². The number of hydrogen-bond donors (Lipinski definition) is 1. The standard InChI is InChI=1S/C20H15N3O4S/c1-27-20(26)12-6-8-13(9-7-12)22-16(24)10-23-11-21-17-14-4-2-3-5-15(14)28-18(17)19(23)25/h2-9,11H,10H2,1H3,(H,22,24). The average molecular weight is 393 g/mol. The number of carbonyl (C=O) groups is 2. The van der Waals surface area contributed by atoms with Crippen LogP contribution in [0.3, 0.4) is 0 Å². The van der Waals surface area contributed by atoms with Crippen molar-refractivity contribution < 1.29 is 14.3 Å². The van der Waals surface area contributed by atoms with E-state index in [1.807, 2.05) is 24.3 Å². The molecule has 0 saturated carbocycles. The molecule has 0 atom stereocenters. The first kappa shape index (κ1) is 17.9. The van der Waals surface area contributed by atoms with Crippen LogP contribution >= 0.6 is 11.3 Å². The lowest BCUT2D eigenvalue weighted by molar-refractivity contribution is -0.116. The molecule has 2 aromatic carbocycles. The zero-order valence-electron chi connectivity index (χ0n) is 14.8. The van der Waals surface area contributed by atoms with Crippen LogP contribution in [-0.2, 0) is 16.1 Å². The minimum atomic E-state index is -0.452. The number of carbonyl (C=O) groups excluding carboxylic acids is 2. The number of anilines is 1. The molecule has 0 aliphatic heterocycles. The van der Waals surface area contributed by atoms with E-state index in [1.54, 1.807) is 24.3 Å². The number of benzene rings is 2.